The molecule has 106 valence electrons. The summed E-state index contributed by atoms with van der Waals surface area (Å²) in [5.41, 5.74) is 6.73. The number of nitrogens with two attached hydrogens (primary N) is 1. The van der Waals surface area contributed by atoms with Crippen molar-refractivity contribution in [2.75, 3.05) is 6.61 Å². The van der Waals surface area contributed by atoms with Crippen LogP contribution in [0.25, 0.3) is 11.4 Å². The molecule has 1 aliphatic carbocycles. The van der Waals surface area contributed by atoms with Crippen LogP contribution in [0.1, 0.15) is 38.5 Å². The SMILES string of the molecule is CCOc1ccccc1-c1noc(C2(N)CCCC2)n1. The highest BCUT2D eigenvalue weighted by molar-refractivity contribution is 5.63. The lowest BCUT2D eigenvalue weighted by atomic mass is 9.99. The molecule has 0 amide bonds. The number of aromatic nitrogens is 2. The van der Waals surface area contributed by atoms with E-state index in [9.17, 15) is 0 Å². The van der Waals surface area contributed by atoms with Gasteiger partial charge in [-0.25, -0.2) is 0 Å². The molecule has 0 saturated heterocycles. The van der Waals surface area contributed by atoms with E-state index in [4.69, 9.17) is 15.0 Å². The zero-order valence-corrected chi connectivity index (χ0v) is 11.6. The van der Waals surface area contributed by atoms with Crippen molar-refractivity contribution in [3.05, 3.63) is 30.2 Å². The van der Waals surface area contributed by atoms with Crippen LogP contribution in [-0.2, 0) is 5.54 Å². The van der Waals surface area contributed by atoms with Crippen LogP contribution in [0.4, 0.5) is 0 Å². The van der Waals surface area contributed by atoms with Gasteiger partial charge in [0.05, 0.1) is 17.7 Å². The van der Waals surface area contributed by atoms with Crippen molar-refractivity contribution in [3.8, 4) is 17.1 Å². The second-order valence-electron chi connectivity index (χ2n) is 5.22. The van der Waals surface area contributed by atoms with E-state index in [1.807, 2.05) is 31.2 Å². The molecule has 3 rings (SSSR count). The molecule has 5 nitrogen and oxygen atoms in total. The maximum Gasteiger partial charge on any atom is 0.247 e. The van der Waals surface area contributed by atoms with Gasteiger partial charge in [-0.15, -0.1) is 0 Å². The molecule has 1 aliphatic rings. The molecule has 2 aromatic rings. The lowest BCUT2D eigenvalue weighted by molar-refractivity contribution is 0.285. The summed E-state index contributed by atoms with van der Waals surface area (Å²) in [6, 6.07) is 7.69. The van der Waals surface area contributed by atoms with Gasteiger partial charge in [-0.2, -0.15) is 4.98 Å². The van der Waals surface area contributed by atoms with Crippen LogP contribution in [-0.4, -0.2) is 16.7 Å². The molecule has 0 bridgehead atoms. The Hall–Kier alpha value is -1.88. The smallest absolute Gasteiger partial charge is 0.247 e. The molecule has 0 aliphatic heterocycles. The highest BCUT2D eigenvalue weighted by Crippen LogP contribution is 2.37. The van der Waals surface area contributed by atoms with E-state index < -0.39 is 5.54 Å². The Morgan fingerprint density at radius 1 is 1.30 bits per heavy atom. The van der Waals surface area contributed by atoms with Gasteiger partial charge in [0.2, 0.25) is 11.7 Å². The van der Waals surface area contributed by atoms with E-state index in [0.717, 1.165) is 37.0 Å². The molecule has 20 heavy (non-hydrogen) atoms. The second-order valence-corrected chi connectivity index (χ2v) is 5.22. The van der Waals surface area contributed by atoms with Crippen molar-refractivity contribution in [2.45, 2.75) is 38.1 Å². The van der Waals surface area contributed by atoms with E-state index in [0.29, 0.717) is 18.3 Å². The molecule has 1 heterocycles. The third-order valence-corrected chi connectivity index (χ3v) is 3.78. The normalized spacial score (nSPS) is 17.3. The molecule has 1 saturated carbocycles. The number of ether oxygens (including phenoxy) is 1. The summed E-state index contributed by atoms with van der Waals surface area (Å²) in [4.78, 5) is 4.49. The van der Waals surface area contributed by atoms with E-state index in [-0.39, 0.29) is 0 Å². The highest BCUT2D eigenvalue weighted by Gasteiger charge is 2.37. The number of nitrogens with zero attached hydrogens (tertiary/aromatic N) is 2. The first-order valence-electron chi connectivity index (χ1n) is 7.08. The summed E-state index contributed by atoms with van der Waals surface area (Å²) in [6.45, 7) is 2.55. The summed E-state index contributed by atoms with van der Waals surface area (Å²) in [7, 11) is 0. The second kappa shape index (κ2) is 5.25. The molecule has 0 unspecified atom stereocenters. The largest absolute Gasteiger partial charge is 0.493 e. The van der Waals surface area contributed by atoms with Crippen molar-refractivity contribution in [1.82, 2.24) is 10.1 Å². The van der Waals surface area contributed by atoms with E-state index >= 15 is 0 Å². The summed E-state index contributed by atoms with van der Waals surface area (Å²) < 4.78 is 11.0. The van der Waals surface area contributed by atoms with Crippen molar-refractivity contribution < 1.29 is 9.26 Å². The molecule has 1 aromatic heterocycles. The molecule has 2 N–H and O–H groups in total. The number of para-hydroxylation sites is 1. The third-order valence-electron chi connectivity index (χ3n) is 3.78. The lowest BCUT2D eigenvalue weighted by Crippen LogP contribution is -2.33. The Morgan fingerprint density at radius 2 is 2.05 bits per heavy atom. The van der Waals surface area contributed by atoms with Crippen LogP contribution in [0, 0.1) is 0 Å². The maximum atomic E-state index is 6.34. The quantitative estimate of drug-likeness (QED) is 0.927. The number of rotatable bonds is 4. The zero-order chi connectivity index (χ0) is 14.0. The van der Waals surface area contributed by atoms with Gasteiger partial charge < -0.3 is 15.0 Å². The van der Waals surface area contributed by atoms with E-state index in [1.54, 1.807) is 0 Å². The standard InChI is InChI=1S/C15H19N3O2/c1-2-19-12-8-4-3-7-11(12)13-17-14(20-18-13)15(16)9-5-6-10-15/h3-4,7-8H,2,5-6,9-10,16H2,1H3. The first kappa shape index (κ1) is 13.1. The minimum atomic E-state index is -0.453. The van der Waals surface area contributed by atoms with Gasteiger partial charge in [-0.1, -0.05) is 30.1 Å². The fourth-order valence-corrected chi connectivity index (χ4v) is 2.69. The maximum absolute atomic E-state index is 6.34. The average molecular weight is 273 g/mol. The van der Waals surface area contributed by atoms with Gasteiger partial charge in [0.25, 0.3) is 0 Å². The van der Waals surface area contributed by atoms with Gasteiger partial charge in [0.1, 0.15) is 5.75 Å². The molecule has 5 heteroatoms. The Balaban J connectivity index is 1.94. The van der Waals surface area contributed by atoms with E-state index in [2.05, 4.69) is 10.1 Å². The van der Waals surface area contributed by atoms with Crippen molar-refractivity contribution in [1.29, 1.82) is 0 Å². The fraction of sp³-hybridized carbons (Fsp3) is 0.467. The van der Waals surface area contributed by atoms with Crippen LogP contribution >= 0.6 is 0 Å². The number of hydrogen-bond acceptors (Lipinski definition) is 5. The lowest BCUT2D eigenvalue weighted by Gasteiger charge is -2.17. The molecule has 0 radical (unpaired) electrons. The van der Waals surface area contributed by atoms with Crippen LogP contribution in [0.5, 0.6) is 5.75 Å². The molecule has 0 spiro atoms. The predicted octanol–water partition coefficient (Wildman–Crippen LogP) is 2.86. The van der Waals surface area contributed by atoms with E-state index in [1.165, 1.54) is 0 Å². The minimum Gasteiger partial charge on any atom is -0.493 e. The van der Waals surface area contributed by atoms with Crippen molar-refractivity contribution in [2.24, 2.45) is 5.73 Å². The summed E-state index contributed by atoms with van der Waals surface area (Å²) in [6.07, 6.45) is 4.04. The third kappa shape index (κ3) is 2.29. The zero-order valence-electron chi connectivity index (χ0n) is 11.6. The summed E-state index contributed by atoms with van der Waals surface area (Å²) >= 11 is 0. The molecule has 1 fully saturated rings. The van der Waals surface area contributed by atoms with Crippen LogP contribution < -0.4 is 10.5 Å². The van der Waals surface area contributed by atoms with Crippen molar-refractivity contribution >= 4 is 0 Å². The van der Waals surface area contributed by atoms with Gasteiger partial charge in [-0.05, 0) is 31.9 Å². The predicted molar refractivity (Wildman–Crippen MR) is 75.2 cm³/mol. The Labute approximate surface area is 118 Å². The number of benzene rings is 1. The van der Waals surface area contributed by atoms with Gasteiger partial charge in [-0.3, -0.25) is 0 Å². The fourth-order valence-electron chi connectivity index (χ4n) is 2.69. The first-order chi connectivity index (χ1) is 9.73. The van der Waals surface area contributed by atoms with Gasteiger partial charge in [0, 0.05) is 0 Å². The van der Waals surface area contributed by atoms with Crippen molar-refractivity contribution in [3.63, 3.8) is 0 Å². The topological polar surface area (TPSA) is 74.2 Å². The molecular formula is C15H19N3O2. The first-order valence-corrected chi connectivity index (χ1v) is 7.08. The summed E-state index contributed by atoms with van der Waals surface area (Å²) in [5, 5.41) is 4.07. The average Bonchev–Trinajstić information content (AvgIpc) is 3.09. The van der Waals surface area contributed by atoms with Crippen LogP contribution in [0.15, 0.2) is 28.8 Å². The van der Waals surface area contributed by atoms with Crippen LogP contribution in [0.2, 0.25) is 0 Å². The Bertz CT molecular complexity index is 588. The number of hydrogen-bond donors (Lipinski definition) is 1. The highest BCUT2D eigenvalue weighted by atomic mass is 16.5. The summed E-state index contributed by atoms with van der Waals surface area (Å²) in [5.74, 6) is 1.84. The molecule has 0 atom stereocenters. The van der Waals surface area contributed by atoms with Gasteiger partial charge in [0.15, 0.2) is 0 Å². The Morgan fingerprint density at radius 3 is 2.80 bits per heavy atom. The van der Waals surface area contributed by atoms with Crippen LogP contribution in [0.3, 0.4) is 0 Å². The molecule has 1 aromatic carbocycles. The molecular weight excluding hydrogens is 254 g/mol. The van der Waals surface area contributed by atoms with Gasteiger partial charge >= 0.3 is 0 Å². The minimum absolute atomic E-state index is 0.453. The Kier molecular flexibility index (Phi) is 3.44. The monoisotopic (exact) mass is 273 g/mol.